The highest BCUT2D eigenvalue weighted by Crippen LogP contribution is 2.24. The van der Waals surface area contributed by atoms with Gasteiger partial charge in [0, 0.05) is 35.9 Å². The number of hydrogen-bond acceptors (Lipinski definition) is 3. The molecule has 1 unspecified atom stereocenters. The zero-order valence-electron chi connectivity index (χ0n) is 12.2. The summed E-state index contributed by atoms with van der Waals surface area (Å²) < 4.78 is 2.32. The van der Waals surface area contributed by atoms with E-state index in [2.05, 4.69) is 60.9 Å². The third kappa shape index (κ3) is 3.45. The molecule has 1 N–H and O–H groups in total. The first-order chi connectivity index (χ1) is 9.11. The minimum Gasteiger partial charge on any atom is -0.350 e. The zero-order valence-corrected chi connectivity index (χ0v) is 13.0. The summed E-state index contributed by atoms with van der Waals surface area (Å²) in [5, 5.41) is 4.75. The monoisotopic (exact) mass is 277 g/mol. The van der Waals surface area contributed by atoms with Crippen LogP contribution >= 0.6 is 11.3 Å². The first-order valence-electron chi connectivity index (χ1n) is 6.93. The number of aryl methyl sites for hydroxylation is 3. The largest absolute Gasteiger partial charge is 0.350 e. The van der Waals surface area contributed by atoms with Gasteiger partial charge in [0.25, 0.3) is 0 Å². The minimum atomic E-state index is 0.358. The van der Waals surface area contributed by atoms with Crippen LogP contribution in [0, 0.1) is 13.8 Å². The Hall–Kier alpha value is -1.13. The SMILES string of the molecule is CCCn1cccc1CNC(C)c1sc(C)nc1C. The Morgan fingerprint density at radius 3 is 2.84 bits per heavy atom. The zero-order chi connectivity index (χ0) is 13.8. The molecule has 0 fully saturated rings. The fraction of sp³-hybridized carbons (Fsp3) is 0.533. The molecule has 0 saturated carbocycles. The maximum atomic E-state index is 4.50. The van der Waals surface area contributed by atoms with Gasteiger partial charge in [0.1, 0.15) is 0 Å². The van der Waals surface area contributed by atoms with E-state index in [-0.39, 0.29) is 0 Å². The van der Waals surface area contributed by atoms with Crippen molar-refractivity contribution in [1.29, 1.82) is 0 Å². The lowest BCUT2D eigenvalue weighted by molar-refractivity contribution is 0.545. The van der Waals surface area contributed by atoms with E-state index in [0.717, 1.165) is 23.8 Å². The van der Waals surface area contributed by atoms with Crippen LogP contribution in [0.1, 0.15) is 47.6 Å². The van der Waals surface area contributed by atoms with Gasteiger partial charge in [-0.1, -0.05) is 6.92 Å². The van der Waals surface area contributed by atoms with Gasteiger partial charge in [-0.2, -0.15) is 0 Å². The van der Waals surface area contributed by atoms with Crippen molar-refractivity contribution in [2.24, 2.45) is 0 Å². The predicted molar refractivity (Wildman–Crippen MR) is 81.6 cm³/mol. The van der Waals surface area contributed by atoms with E-state index in [0.29, 0.717) is 6.04 Å². The second-order valence-electron chi connectivity index (χ2n) is 4.98. The molecular formula is C15H23N3S. The van der Waals surface area contributed by atoms with E-state index in [4.69, 9.17) is 0 Å². The highest BCUT2D eigenvalue weighted by molar-refractivity contribution is 7.11. The van der Waals surface area contributed by atoms with E-state index in [9.17, 15) is 0 Å². The maximum absolute atomic E-state index is 4.50. The fourth-order valence-corrected chi connectivity index (χ4v) is 3.32. The van der Waals surface area contributed by atoms with Gasteiger partial charge >= 0.3 is 0 Å². The van der Waals surface area contributed by atoms with E-state index in [1.165, 1.54) is 17.0 Å². The first kappa shape index (κ1) is 14.3. The van der Waals surface area contributed by atoms with Crippen molar-refractivity contribution in [1.82, 2.24) is 14.9 Å². The van der Waals surface area contributed by atoms with Crippen LogP contribution in [-0.4, -0.2) is 9.55 Å². The molecule has 0 aromatic carbocycles. The summed E-state index contributed by atoms with van der Waals surface area (Å²) in [4.78, 5) is 5.85. The van der Waals surface area contributed by atoms with Crippen LogP contribution in [0.2, 0.25) is 0 Å². The molecule has 19 heavy (non-hydrogen) atoms. The van der Waals surface area contributed by atoms with Crippen LogP contribution in [0.4, 0.5) is 0 Å². The number of aromatic nitrogens is 2. The summed E-state index contributed by atoms with van der Waals surface area (Å²) in [7, 11) is 0. The highest BCUT2D eigenvalue weighted by atomic mass is 32.1. The third-order valence-electron chi connectivity index (χ3n) is 3.31. The average Bonchev–Trinajstić information content (AvgIpc) is 2.93. The Morgan fingerprint density at radius 1 is 1.42 bits per heavy atom. The molecule has 0 amide bonds. The summed E-state index contributed by atoms with van der Waals surface area (Å²) >= 11 is 1.79. The number of nitrogens with one attached hydrogen (secondary N) is 1. The van der Waals surface area contributed by atoms with Crippen molar-refractivity contribution in [2.45, 2.75) is 53.2 Å². The molecule has 2 heterocycles. The van der Waals surface area contributed by atoms with Crippen molar-refractivity contribution >= 4 is 11.3 Å². The summed E-state index contributed by atoms with van der Waals surface area (Å²) in [6, 6.07) is 4.68. The van der Waals surface area contributed by atoms with Crippen molar-refractivity contribution < 1.29 is 0 Å². The molecule has 0 spiro atoms. The van der Waals surface area contributed by atoms with Crippen molar-refractivity contribution in [2.75, 3.05) is 0 Å². The smallest absolute Gasteiger partial charge is 0.0900 e. The second kappa shape index (κ2) is 6.35. The number of rotatable bonds is 6. The number of hydrogen-bond donors (Lipinski definition) is 1. The summed E-state index contributed by atoms with van der Waals surface area (Å²) in [5.41, 5.74) is 2.51. The fourth-order valence-electron chi connectivity index (χ4n) is 2.37. The topological polar surface area (TPSA) is 29.9 Å². The average molecular weight is 277 g/mol. The Balaban J connectivity index is 1.98. The molecular weight excluding hydrogens is 254 g/mol. The van der Waals surface area contributed by atoms with E-state index < -0.39 is 0 Å². The van der Waals surface area contributed by atoms with E-state index in [1.807, 2.05) is 0 Å². The quantitative estimate of drug-likeness (QED) is 0.870. The molecule has 0 saturated heterocycles. The highest BCUT2D eigenvalue weighted by Gasteiger charge is 2.12. The van der Waals surface area contributed by atoms with E-state index >= 15 is 0 Å². The molecule has 2 rings (SSSR count). The van der Waals surface area contributed by atoms with Crippen LogP contribution in [0.15, 0.2) is 18.3 Å². The molecule has 4 heteroatoms. The lowest BCUT2D eigenvalue weighted by Gasteiger charge is -2.14. The molecule has 0 aliphatic rings. The summed E-state index contributed by atoms with van der Waals surface area (Å²) in [6.45, 7) is 10.6. The molecule has 2 aromatic heterocycles. The molecule has 1 atom stereocenters. The van der Waals surface area contributed by atoms with Gasteiger partial charge in [-0.3, -0.25) is 0 Å². The van der Waals surface area contributed by atoms with Gasteiger partial charge in [-0.25, -0.2) is 4.98 Å². The first-order valence-corrected chi connectivity index (χ1v) is 7.74. The van der Waals surface area contributed by atoms with Crippen molar-refractivity contribution in [3.8, 4) is 0 Å². The maximum Gasteiger partial charge on any atom is 0.0900 e. The van der Waals surface area contributed by atoms with Gasteiger partial charge in [-0.15, -0.1) is 11.3 Å². The Kier molecular flexibility index (Phi) is 4.77. The Bertz CT molecular complexity index is 527. The van der Waals surface area contributed by atoms with Crippen LogP contribution in [0.25, 0.3) is 0 Å². The number of nitrogens with zero attached hydrogens (tertiary/aromatic N) is 2. The number of thiazole rings is 1. The molecule has 0 aliphatic carbocycles. The molecule has 2 aromatic rings. The third-order valence-corrected chi connectivity index (χ3v) is 4.57. The molecule has 0 radical (unpaired) electrons. The van der Waals surface area contributed by atoms with Gasteiger partial charge in [0.2, 0.25) is 0 Å². The second-order valence-corrected chi connectivity index (χ2v) is 6.21. The predicted octanol–water partition coefficient (Wildman–Crippen LogP) is 3.82. The van der Waals surface area contributed by atoms with Gasteiger partial charge < -0.3 is 9.88 Å². The van der Waals surface area contributed by atoms with Gasteiger partial charge in [0.05, 0.1) is 10.7 Å². The van der Waals surface area contributed by atoms with E-state index in [1.54, 1.807) is 11.3 Å². The minimum absolute atomic E-state index is 0.358. The van der Waals surface area contributed by atoms with Crippen LogP contribution in [0.3, 0.4) is 0 Å². The summed E-state index contributed by atoms with van der Waals surface area (Å²) in [6.07, 6.45) is 3.33. The Labute approximate surface area is 119 Å². The molecule has 0 aliphatic heterocycles. The standard InChI is InChI=1S/C15H23N3S/c1-5-8-18-9-6-7-14(18)10-16-11(2)15-12(3)17-13(4)19-15/h6-7,9,11,16H,5,8,10H2,1-4H3. The van der Waals surface area contributed by atoms with Crippen LogP contribution in [0.5, 0.6) is 0 Å². The molecule has 104 valence electrons. The van der Waals surface area contributed by atoms with Crippen LogP contribution < -0.4 is 5.32 Å². The molecule has 3 nitrogen and oxygen atoms in total. The normalized spacial score (nSPS) is 12.8. The molecule has 0 bridgehead atoms. The van der Waals surface area contributed by atoms with Gasteiger partial charge in [-0.05, 0) is 39.3 Å². The van der Waals surface area contributed by atoms with Gasteiger partial charge in [0.15, 0.2) is 0 Å². The lowest BCUT2D eigenvalue weighted by atomic mass is 10.2. The van der Waals surface area contributed by atoms with Crippen LogP contribution in [-0.2, 0) is 13.1 Å². The van der Waals surface area contributed by atoms with Crippen molar-refractivity contribution in [3.05, 3.63) is 39.6 Å². The lowest BCUT2D eigenvalue weighted by Crippen LogP contribution is -2.20. The summed E-state index contributed by atoms with van der Waals surface area (Å²) in [5.74, 6) is 0. The Morgan fingerprint density at radius 2 is 2.21 bits per heavy atom. The van der Waals surface area contributed by atoms with Crippen molar-refractivity contribution in [3.63, 3.8) is 0 Å².